The van der Waals surface area contributed by atoms with Gasteiger partial charge in [-0.2, -0.15) is 0 Å². The first-order valence-corrected chi connectivity index (χ1v) is 7.50. The van der Waals surface area contributed by atoms with E-state index in [1.54, 1.807) is 9.80 Å². The normalized spacial score (nSPS) is 27.9. The van der Waals surface area contributed by atoms with Crippen LogP contribution >= 0.6 is 0 Å². The quantitative estimate of drug-likeness (QED) is 0.841. The van der Waals surface area contributed by atoms with Crippen LogP contribution in [0.25, 0.3) is 0 Å². The molecule has 0 aliphatic carbocycles. The number of nitrogens with zero attached hydrogens (tertiary/aromatic N) is 3. The molecule has 20 heavy (non-hydrogen) atoms. The number of carboxylic acid groups (broad SMARTS) is 1. The Bertz CT molecular complexity index is 380. The summed E-state index contributed by atoms with van der Waals surface area (Å²) in [5.74, 6) is -0.848. The highest BCUT2D eigenvalue weighted by atomic mass is 16.4. The number of piperazine rings is 1. The van der Waals surface area contributed by atoms with Crippen molar-refractivity contribution in [1.29, 1.82) is 0 Å². The number of hydrogen-bond acceptors (Lipinski definition) is 3. The fraction of sp³-hybridized carbons (Fsp3) is 0.857. The van der Waals surface area contributed by atoms with E-state index in [0.29, 0.717) is 32.5 Å². The molecule has 114 valence electrons. The Morgan fingerprint density at radius 3 is 2.35 bits per heavy atom. The average molecular weight is 283 g/mol. The number of urea groups is 1. The second kappa shape index (κ2) is 5.99. The maximum absolute atomic E-state index is 12.7. The summed E-state index contributed by atoms with van der Waals surface area (Å²) in [6, 6.07) is -0.0912. The summed E-state index contributed by atoms with van der Waals surface area (Å²) in [6.45, 7) is 5.63. The van der Waals surface area contributed by atoms with E-state index in [1.807, 2.05) is 14.0 Å². The number of likely N-dealkylation sites (N-methyl/N-ethyl adjacent to an activating group) is 1. The van der Waals surface area contributed by atoms with Crippen LogP contribution in [0.3, 0.4) is 0 Å². The van der Waals surface area contributed by atoms with Crippen LogP contribution < -0.4 is 0 Å². The van der Waals surface area contributed by atoms with Gasteiger partial charge in [0.15, 0.2) is 0 Å². The summed E-state index contributed by atoms with van der Waals surface area (Å²) in [7, 11) is 2.04. The van der Waals surface area contributed by atoms with Gasteiger partial charge >= 0.3 is 12.0 Å². The minimum atomic E-state index is -0.977. The van der Waals surface area contributed by atoms with Gasteiger partial charge in [0.2, 0.25) is 0 Å². The van der Waals surface area contributed by atoms with Gasteiger partial charge in [-0.3, -0.25) is 0 Å². The molecule has 1 atom stereocenters. The maximum Gasteiger partial charge on any atom is 0.329 e. The van der Waals surface area contributed by atoms with E-state index in [4.69, 9.17) is 0 Å². The van der Waals surface area contributed by atoms with Crippen LogP contribution in [0.15, 0.2) is 0 Å². The van der Waals surface area contributed by atoms with Crippen LogP contribution in [0.4, 0.5) is 4.79 Å². The molecule has 0 aromatic carbocycles. The Labute approximate surface area is 120 Å². The lowest BCUT2D eigenvalue weighted by Gasteiger charge is -2.40. The minimum Gasteiger partial charge on any atom is -0.479 e. The van der Waals surface area contributed by atoms with E-state index in [9.17, 15) is 14.7 Å². The van der Waals surface area contributed by atoms with E-state index < -0.39 is 11.5 Å². The molecule has 0 aromatic heterocycles. The van der Waals surface area contributed by atoms with Gasteiger partial charge in [0.25, 0.3) is 0 Å². The summed E-state index contributed by atoms with van der Waals surface area (Å²) in [5.41, 5.74) is -0.977. The number of carbonyl (C=O) groups is 2. The summed E-state index contributed by atoms with van der Waals surface area (Å²) >= 11 is 0. The van der Waals surface area contributed by atoms with Crippen LogP contribution in [0.2, 0.25) is 0 Å². The maximum atomic E-state index is 12.7. The van der Waals surface area contributed by atoms with E-state index in [-0.39, 0.29) is 6.03 Å². The highest BCUT2D eigenvalue weighted by Crippen LogP contribution is 2.35. The zero-order valence-corrected chi connectivity index (χ0v) is 12.5. The van der Waals surface area contributed by atoms with Crippen molar-refractivity contribution in [3.8, 4) is 0 Å². The van der Waals surface area contributed by atoms with Crippen LogP contribution in [-0.4, -0.2) is 77.1 Å². The fourth-order valence-electron chi connectivity index (χ4n) is 3.33. The molecular formula is C14H25N3O3. The van der Waals surface area contributed by atoms with Crippen LogP contribution in [0.5, 0.6) is 0 Å². The van der Waals surface area contributed by atoms with Gasteiger partial charge in [0, 0.05) is 32.7 Å². The van der Waals surface area contributed by atoms with Crippen molar-refractivity contribution in [3.63, 3.8) is 0 Å². The molecule has 0 spiro atoms. The molecule has 0 bridgehead atoms. The molecule has 2 aliphatic heterocycles. The van der Waals surface area contributed by atoms with E-state index in [1.165, 1.54) is 0 Å². The van der Waals surface area contributed by atoms with Crippen molar-refractivity contribution >= 4 is 12.0 Å². The molecule has 2 heterocycles. The second-order valence-corrected chi connectivity index (χ2v) is 5.91. The average Bonchev–Trinajstić information content (AvgIpc) is 2.84. The van der Waals surface area contributed by atoms with Crippen LogP contribution in [-0.2, 0) is 4.79 Å². The van der Waals surface area contributed by atoms with Crippen molar-refractivity contribution in [3.05, 3.63) is 0 Å². The van der Waals surface area contributed by atoms with Gasteiger partial charge in [-0.25, -0.2) is 9.59 Å². The molecule has 6 nitrogen and oxygen atoms in total. The van der Waals surface area contributed by atoms with Gasteiger partial charge in [0.1, 0.15) is 5.54 Å². The number of hydrogen-bond donors (Lipinski definition) is 1. The summed E-state index contributed by atoms with van der Waals surface area (Å²) in [6.07, 6.45) is 2.68. The zero-order chi connectivity index (χ0) is 14.8. The first kappa shape index (κ1) is 15.1. The molecule has 2 aliphatic rings. The number of aliphatic carboxylic acids is 1. The van der Waals surface area contributed by atoms with Crippen molar-refractivity contribution in [2.75, 3.05) is 39.8 Å². The van der Waals surface area contributed by atoms with Crippen LogP contribution in [0.1, 0.15) is 32.6 Å². The van der Waals surface area contributed by atoms with E-state index in [2.05, 4.69) is 4.90 Å². The second-order valence-electron chi connectivity index (χ2n) is 5.91. The largest absolute Gasteiger partial charge is 0.479 e. The molecule has 0 saturated carbocycles. The first-order chi connectivity index (χ1) is 9.51. The molecule has 2 amide bonds. The number of amides is 2. The number of carboxylic acids is 1. The van der Waals surface area contributed by atoms with Gasteiger partial charge in [-0.15, -0.1) is 0 Å². The summed E-state index contributed by atoms with van der Waals surface area (Å²) < 4.78 is 0. The molecule has 2 rings (SSSR count). The van der Waals surface area contributed by atoms with Gasteiger partial charge in [-0.05, 0) is 26.3 Å². The predicted octanol–water partition coefficient (Wildman–Crippen LogP) is 1.07. The number of likely N-dealkylation sites (tertiary alicyclic amines) is 1. The summed E-state index contributed by atoms with van der Waals surface area (Å²) in [4.78, 5) is 30.0. The summed E-state index contributed by atoms with van der Waals surface area (Å²) in [5, 5.41) is 9.63. The fourth-order valence-corrected chi connectivity index (χ4v) is 3.33. The lowest BCUT2D eigenvalue weighted by molar-refractivity contribution is -0.149. The minimum absolute atomic E-state index is 0.0912. The highest BCUT2D eigenvalue weighted by Gasteiger charge is 2.50. The molecule has 0 aromatic rings. The first-order valence-electron chi connectivity index (χ1n) is 7.50. The molecule has 2 saturated heterocycles. The lowest BCUT2D eigenvalue weighted by atomic mass is 9.91. The number of carbonyl (C=O) groups excluding carboxylic acids is 1. The Morgan fingerprint density at radius 1 is 1.15 bits per heavy atom. The molecule has 2 fully saturated rings. The highest BCUT2D eigenvalue weighted by molar-refractivity contribution is 5.87. The van der Waals surface area contributed by atoms with Crippen molar-refractivity contribution in [1.82, 2.24) is 14.7 Å². The zero-order valence-electron chi connectivity index (χ0n) is 12.5. The third-order valence-electron chi connectivity index (χ3n) is 4.56. The molecule has 1 N–H and O–H groups in total. The Hall–Kier alpha value is -1.30. The van der Waals surface area contributed by atoms with Crippen molar-refractivity contribution in [2.24, 2.45) is 0 Å². The molecule has 6 heteroatoms. The number of rotatable bonds is 3. The smallest absolute Gasteiger partial charge is 0.329 e. The predicted molar refractivity (Wildman–Crippen MR) is 75.7 cm³/mol. The van der Waals surface area contributed by atoms with Crippen LogP contribution in [0, 0.1) is 0 Å². The van der Waals surface area contributed by atoms with E-state index in [0.717, 1.165) is 25.9 Å². The Balaban J connectivity index is 2.13. The standard InChI is InChI=1S/C14H25N3O3/c1-3-5-14(12(18)19)6-4-7-17(14)13(20)16-10-8-15(2)9-11-16/h3-11H2,1-2H3,(H,18,19). The van der Waals surface area contributed by atoms with E-state index >= 15 is 0 Å². The van der Waals surface area contributed by atoms with Gasteiger partial charge < -0.3 is 19.8 Å². The third-order valence-corrected chi connectivity index (χ3v) is 4.56. The molecular weight excluding hydrogens is 258 g/mol. The Morgan fingerprint density at radius 2 is 1.80 bits per heavy atom. The molecule has 0 radical (unpaired) electrons. The Kier molecular flexibility index (Phi) is 4.52. The van der Waals surface area contributed by atoms with Crippen molar-refractivity contribution < 1.29 is 14.7 Å². The monoisotopic (exact) mass is 283 g/mol. The SMILES string of the molecule is CCCC1(C(=O)O)CCCN1C(=O)N1CCN(C)CC1. The topological polar surface area (TPSA) is 64.1 Å². The third kappa shape index (κ3) is 2.61. The molecule has 1 unspecified atom stereocenters. The van der Waals surface area contributed by atoms with Crippen molar-refractivity contribution in [2.45, 2.75) is 38.1 Å². The van der Waals surface area contributed by atoms with Gasteiger partial charge in [0.05, 0.1) is 0 Å². The van der Waals surface area contributed by atoms with Gasteiger partial charge in [-0.1, -0.05) is 13.3 Å². The lowest BCUT2D eigenvalue weighted by Crippen LogP contribution is -2.59.